The van der Waals surface area contributed by atoms with E-state index in [0.29, 0.717) is 0 Å². The Bertz CT molecular complexity index is 464. The van der Waals surface area contributed by atoms with Crippen LogP contribution in [0.15, 0.2) is 34.7 Å². The van der Waals surface area contributed by atoms with Crippen LogP contribution in [-0.2, 0) is 6.54 Å². The Morgan fingerprint density at radius 2 is 2.00 bits per heavy atom. The zero-order chi connectivity index (χ0) is 12.2. The number of benzene rings is 1. The molecular formula is C16H21NO. The minimum atomic E-state index is 0.849. The minimum absolute atomic E-state index is 0.849. The molecule has 0 radical (unpaired) electrons. The summed E-state index contributed by atoms with van der Waals surface area (Å²) in [6.45, 7) is 1.96. The van der Waals surface area contributed by atoms with Crippen LogP contribution in [-0.4, -0.2) is 6.54 Å². The molecule has 0 bridgehead atoms. The molecule has 1 heterocycles. The molecule has 1 aromatic carbocycles. The molecule has 0 atom stereocenters. The van der Waals surface area contributed by atoms with Crippen molar-refractivity contribution in [3.05, 3.63) is 36.1 Å². The van der Waals surface area contributed by atoms with Crippen molar-refractivity contribution in [2.24, 2.45) is 5.92 Å². The average molecular weight is 243 g/mol. The summed E-state index contributed by atoms with van der Waals surface area (Å²) < 4.78 is 5.78. The molecule has 2 aromatic rings. The topological polar surface area (TPSA) is 25.2 Å². The molecule has 0 aliphatic heterocycles. The molecule has 3 rings (SSSR count). The summed E-state index contributed by atoms with van der Waals surface area (Å²) >= 11 is 0. The highest BCUT2D eigenvalue weighted by Gasteiger charge is 2.13. The van der Waals surface area contributed by atoms with Crippen molar-refractivity contribution in [3.63, 3.8) is 0 Å². The van der Waals surface area contributed by atoms with Crippen molar-refractivity contribution in [2.75, 3.05) is 6.54 Å². The van der Waals surface area contributed by atoms with Crippen molar-refractivity contribution in [3.8, 4) is 0 Å². The maximum atomic E-state index is 5.78. The monoisotopic (exact) mass is 243 g/mol. The predicted octanol–water partition coefficient (Wildman–Crippen LogP) is 4.10. The van der Waals surface area contributed by atoms with Crippen LogP contribution in [0.25, 0.3) is 11.0 Å². The van der Waals surface area contributed by atoms with Gasteiger partial charge in [0.1, 0.15) is 11.3 Å². The Morgan fingerprint density at radius 1 is 1.17 bits per heavy atom. The Morgan fingerprint density at radius 3 is 2.83 bits per heavy atom. The van der Waals surface area contributed by atoms with Crippen molar-refractivity contribution in [2.45, 2.75) is 38.6 Å². The second kappa shape index (κ2) is 5.57. The van der Waals surface area contributed by atoms with Crippen LogP contribution in [0.5, 0.6) is 0 Å². The molecule has 0 unspecified atom stereocenters. The molecule has 0 amide bonds. The fraction of sp³-hybridized carbons (Fsp3) is 0.500. The first-order chi connectivity index (χ1) is 8.92. The van der Waals surface area contributed by atoms with Gasteiger partial charge in [-0.05, 0) is 31.0 Å². The molecule has 1 aromatic heterocycles. The molecular weight excluding hydrogens is 222 g/mol. The molecule has 1 N–H and O–H groups in total. The standard InChI is InChI=1S/C16H21NO/c1-2-6-13(5-1)9-10-17-12-15-11-14-7-3-4-8-16(14)18-15/h3-4,7-8,11,13,17H,1-2,5-6,9-10,12H2. The summed E-state index contributed by atoms with van der Waals surface area (Å²) in [6, 6.07) is 10.3. The maximum Gasteiger partial charge on any atom is 0.134 e. The van der Waals surface area contributed by atoms with Crippen LogP contribution >= 0.6 is 0 Å². The van der Waals surface area contributed by atoms with Gasteiger partial charge in [0.15, 0.2) is 0 Å². The molecule has 1 aliphatic carbocycles. The number of fused-ring (bicyclic) bond motifs is 1. The number of para-hydroxylation sites is 1. The highest BCUT2D eigenvalue weighted by atomic mass is 16.3. The highest BCUT2D eigenvalue weighted by Crippen LogP contribution is 2.27. The van der Waals surface area contributed by atoms with Crippen molar-refractivity contribution in [1.82, 2.24) is 5.32 Å². The summed E-state index contributed by atoms with van der Waals surface area (Å²) in [5.74, 6) is 2.01. The minimum Gasteiger partial charge on any atom is -0.460 e. The second-order valence-corrected chi connectivity index (χ2v) is 5.37. The van der Waals surface area contributed by atoms with E-state index >= 15 is 0 Å². The Kier molecular flexibility index (Phi) is 3.65. The normalized spacial score (nSPS) is 16.7. The average Bonchev–Trinajstić information content (AvgIpc) is 3.03. The van der Waals surface area contributed by atoms with Gasteiger partial charge >= 0.3 is 0 Å². The fourth-order valence-corrected chi connectivity index (χ4v) is 2.94. The predicted molar refractivity (Wildman–Crippen MR) is 74.5 cm³/mol. The van der Waals surface area contributed by atoms with E-state index in [9.17, 15) is 0 Å². The van der Waals surface area contributed by atoms with Gasteiger partial charge in [-0.15, -0.1) is 0 Å². The van der Waals surface area contributed by atoms with Gasteiger partial charge in [0.25, 0.3) is 0 Å². The van der Waals surface area contributed by atoms with Crippen LogP contribution in [0.2, 0.25) is 0 Å². The first kappa shape index (κ1) is 11.8. The quantitative estimate of drug-likeness (QED) is 0.800. The summed E-state index contributed by atoms with van der Waals surface area (Å²) in [5, 5.41) is 4.69. The van der Waals surface area contributed by atoms with Gasteiger partial charge in [-0.1, -0.05) is 43.9 Å². The van der Waals surface area contributed by atoms with E-state index in [1.54, 1.807) is 0 Å². The largest absolute Gasteiger partial charge is 0.460 e. The lowest BCUT2D eigenvalue weighted by Crippen LogP contribution is -2.16. The molecule has 1 aliphatic rings. The van der Waals surface area contributed by atoms with E-state index in [-0.39, 0.29) is 0 Å². The van der Waals surface area contributed by atoms with Crippen LogP contribution in [0, 0.1) is 5.92 Å². The van der Waals surface area contributed by atoms with Gasteiger partial charge in [0.2, 0.25) is 0 Å². The summed E-state index contributed by atoms with van der Waals surface area (Å²) in [6.07, 6.45) is 7.07. The van der Waals surface area contributed by atoms with E-state index in [4.69, 9.17) is 4.42 Å². The van der Waals surface area contributed by atoms with E-state index < -0.39 is 0 Å². The summed E-state index contributed by atoms with van der Waals surface area (Å²) in [5.41, 5.74) is 0.991. The number of rotatable bonds is 5. The van der Waals surface area contributed by atoms with Gasteiger partial charge < -0.3 is 9.73 Å². The Hall–Kier alpha value is -1.28. The van der Waals surface area contributed by atoms with Gasteiger partial charge in [-0.3, -0.25) is 0 Å². The zero-order valence-electron chi connectivity index (χ0n) is 10.8. The second-order valence-electron chi connectivity index (χ2n) is 5.37. The molecule has 1 saturated carbocycles. The smallest absolute Gasteiger partial charge is 0.134 e. The van der Waals surface area contributed by atoms with E-state index in [0.717, 1.165) is 30.4 Å². The van der Waals surface area contributed by atoms with Crippen molar-refractivity contribution >= 4 is 11.0 Å². The SMILES string of the molecule is c1ccc2oc(CNCCC3CCCC3)cc2c1. The van der Waals surface area contributed by atoms with E-state index in [1.807, 2.05) is 12.1 Å². The third kappa shape index (κ3) is 2.75. The Labute approximate surface area is 108 Å². The zero-order valence-corrected chi connectivity index (χ0v) is 10.8. The van der Waals surface area contributed by atoms with Crippen molar-refractivity contribution < 1.29 is 4.42 Å². The summed E-state index contributed by atoms with van der Waals surface area (Å²) in [4.78, 5) is 0. The molecule has 2 nitrogen and oxygen atoms in total. The maximum absolute atomic E-state index is 5.78. The first-order valence-electron chi connectivity index (χ1n) is 7.10. The van der Waals surface area contributed by atoms with Crippen LogP contribution < -0.4 is 5.32 Å². The molecule has 18 heavy (non-hydrogen) atoms. The van der Waals surface area contributed by atoms with Gasteiger partial charge in [0.05, 0.1) is 6.54 Å². The molecule has 96 valence electrons. The highest BCUT2D eigenvalue weighted by molar-refractivity contribution is 5.77. The van der Waals surface area contributed by atoms with Gasteiger partial charge in [-0.25, -0.2) is 0 Å². The third-order valence-corrected chi connectivity index (χ3v) is 3.98. The lowest BCUT2D eigenvalue weighted by molar-refractivity contribution is 0.457. The first-order valence-corrected chi connectivity index (χ1v) is 7.10. The van der Waals surface area contributed by atoms with E-state index in [2.05, 4.69) is 23.5 Å². The van der Waals surface area contributed by atoms with Crippen molar-refractivity contribution in [1.29, 1.82) is 0 Å². The number of furan rings is 1. The van der Waals surface area contributed by atoms with Crippen LogP contribution in [0.3, 0.4) is 0 Å². The van der Waals surface area contributed by atoms with Crippen LogP contribution in [0.4, 0.5) is 0 Å². The molecule has 2 heteroatoms. The van der Waals surface area contributed by atoms with Gasteiger partial charge in [0, 0.05) is 5.39 Å². The number of hydrogen-bond acceptors (Lipinski definition) is 2. The molecule has 0 spiro atoms. The van der Waals surface area contributed by atoms with Crippen LogP contribution in [0.1, 0.15) is 37.9 Å². The summed E-state index contributed by atoms with van der Waals surface area (Å²) in [7, 11) is 0. The third-order valence-electron chi connectivity index (χ3n) is 3.98. The molecule has 1 fully saturated rings. The van der Waals surface area contributed by atoms with E-state index in [1.165, 1.54) is 37.5 Å². The lowest BCUT2D eigenvalue weighted by Gasteiger charge is -2.08. The fourth-order valence-electron chi connectivity index (χ4n) is 2.94. The van der Waals surface area contributed by atoms with Gasteiger partial charge in [-0.2, -0.15) is 0 Å². The number of hydrogen-bond donors (Lipinski definition) is 1. The Balaban J connectivity index is 1.47. The lowest BCUT2D eigenvalue weighted by atomic mass is 10.0. The number of nitrogens with one attached hydrogen (secondary N) is 1. The molecule has 0 saturated heterocycles.